The Kier molecular flexibility index (Phi) is 10.4. The van der Waals surface area contributed by atoms with E-state index in [1.807, 2.05) is 39.0 Å². The zero-order chi connectivity index (χ0) is 28.0. The summed E-state index contributed by atoms with van der Waals surface area (Å²) in [5, 5.41) is 18.7. The van der Waals surface area contributed by atoms with Crippen molar-refractivity contribution in [3.8, 4) is 6.07 Å². The van der Waals surface area contributed by atoms with E-state index in [2.05, 4.69) is 0 Å². The highest BCUT2D eigenvalue weighted by Crippen LogP contribution is 2.42. The van der Waals surface area contributed by atoms with Gasteiger partial charge in [-0.1, -0.05) is 47.5 Å². The molecule has 2 aromatic carbocycles. The van der Waals surface area contributed by atoms with Crippen LogP contribution in [-0.2, 0) is 25.1 Å². The van der Waals surface area contributed by atoms with E-state index in [1.54, 1.807) is 41.3 Å². The van der Waals surface area contributed by atoms with Crippen LogP contribution in [-0.4, -0.2) is 55.3 Å². The van der Waals surface area contributed by atoms with E-state index in [0.29, 0.717) is 21.4 Å². The minimum Gasteiger partial charge on any atom is -0.481 e. The van der Waals surface area contributed by atoms with E-state index in [0.717, 1.165) is 18.4 Å². The van der Waals surface area contributed by atoms with Crippen molar-refractivity contribution in [2.75, 3.05) is 12.4 Å². The van der Waals surface area contributed by atoms with Crippen molar-refractivity contribution < 1.29 is 23.6 Å². The van der Waals surface area contributed by atoms with Crippen LogP contribution < -0.4 is 0 Å². The first kappa shape index (κ1) is 30.1. The molecule has 2 aliphatic rings. The van der Waals surface area contributed by atoms with Gasteiger partial charge >= 0.3 is 5.97 Å². The summed E-state index contributed by atoms with van der Waals surface area (Å²) in [6.07, 6.45) is 0.573. The number of rotatable bonds is 7. The second kappa shape index (κ2) is 13.1. The lowest BCUT2D eigenvalue weighted by Crippen LogP contribution is -2.56. The Morgan fingerprint density at radius 2 is 1.82 bits per heavy atom. The fourth-order valence-corrected chi connectivity index (χ4v) is 5.75. The Morgan fingerprint density at radius 3 is 2.32 bits per heavy atom. The highest BCUT2D eigenvalue weighted by atomic mass is 35.5. The summed E-state index contributed by atoms with van der Waals surface area (Å²) >= 11 is 11.6. The monoisotopic (exact) mass is 578 g/mol. The molecule has 1 heterocycles. The molecule has 1 aliphatic heterocycles. The summed E-state index contributed by atoms with van der Waals surface area (Å²) in [7, 11) is -1.13. The molecule has 1 saturated carbocycles. The number of hydrogen-bond donors (Lipinski definition) is 1. The van der Waals surface area contributed by atoms with Gasteiger partial charge in [0.05, 0.1) is 29.7 Å². The van der Waals surface area contributed by atoms with Crippen LogP contribution in [0.2, 0.25) is 10.0 Å². The largest absolute Gasteiger partial charge is 0.481 e. The Balaban J connectivity index is 0.000000375. The quantitative estimate of drug-likeness (QED) is 0.456. The van der Waals surface area contributed by atoms with Crippen molar-refractivity contribution >= 4 is 45.9 Å². The third kappa shape index (κ3) is 8.03. The SMILES string of the molecule is CC(C)(C)S(=O)CC(C1CC1)N1C(=O)C(CC(=O)O)OCC1c1ccc(Cl)cc1.N#Cc1ccccc1Cl. The average molecular weight is 580 g/mol. The number of nitrogens with zero attached hydrogens (tertiary/aromatic N) is 2. The molecule has 4 atom stereocenters. The Hall–Kier alpha value is -2.44. The molecule has 1 amide bonds. The molecule has 1 N–H and O–H groups in total. The summed E-state index contributed by atoms with van der Waals surface area (Å²) < 4.78 is 18.2. The molecule has 0 bridgehead atoms. The molecule has 38 heavy (non-hydrogen) atoms. The van der Waals surface area contributed by atoms with Gasteiger partial charge in [0, 0.05) is 32.4 Å². The van der Waals surface area contributed by atoms with E-state index in [9.17, 15) is 18.9 Å². The van der Waals surface area contributed by atoms with Gasteiger partial charge in [0.25, 0.3) is 5.91 Å². The minimum atomic E-state index is -1.13. The molecule has 0 aromatic heterocycles. The van der Waals surface area contributed by atoms with Crippen LogP contribution in [0.1, 0.15) is 57.2 Å². The smallest absolute Gasteiger partial charge is 0.306 e. The molecular formula is C28H32Cl2N2O5S. The summed E-state index contributed by atoms with van der Waals surface area (Å²) in [4.78, 5) is 26.3. The maximum absolute atomic E-state index is 13.3. The highest BCUT2D eigenvalue weighted by molar-refractivity contribution is 7.86. The topological polar surface area (TPSA) is 108 Å². The number of aliphatic carboxylic acids is 1. The third-order valence-electron chi connectivity index (χ3n) is 6.46. The Bertz CT molecular complexity index is 1200. The number of ether oxygens (including phenoxy) is 1. The molecular weight excluding hydrogens is 547 g/mol. The molecule has 4 rings (SSSR count). The van der Waals surface area contributed by atoms with Crippen LogP contribution in [0.3, 0.4) is 0 Å². The van der Waals surface area contributed by atoms with Crippen LogP contribution in [0, 0.1) is 17.2 Å². The predicted molar refractivity (Wildman–Crippen MR) is 148 cm³/mol. The predicted octanol–water partition coefficient (Wildman–Crippen LogP) is 5.62. The average Bonchev–Trinajstić information content (AvgIpc) is 3.70. The number of benzene rings is 2. The van der Waals surface area contributed by atoms with Crippen molar-refractivity contribution in [3.05, 3.63) is 69.7 Å². The van der Waals surface area contributed by atoms with Gasteiger partial charge in [-0.3, -0.25) is 13.8 Å². The Morgan fingerprint density at radius 1 is 1.18 bits per heavy atom. The minimum absolute atomic E-state index is 0.205. The van der Waals surface area contributed by atoms with E-state index < -0.39 is 27.6 Å². The third-order valence-corrected chi connectivity index (χ3v) is 9.05. The standard InChI is InChI=1S/C21H28ClNO5S.C7H4ClN/c1-21(2,3)29(27)12-17(14-4-5-14)23-16(13-6-8-15(22)9-7-13)11-28-18(20(23)26)10-19(24)25;8-7-4-2-1-3-6(7)5-9/h6-9,14,16-18H,4-5,10-12H2,1-3H3,(H,24,25);1-4H. The van der Waals surface area contributed by atoms with Crippen LogP contribution in [0.5, 0.6) is 0 Å². The molecule has 7 nitrogen and oxygen atoms in total. The number of amides is 1. The molecule has 10 heteroatoms. The van der Waals surface area contributed by atoms with Crippen molar-refractivity contribution in [2.24, 2.45) is 5.92 Å². The number of hydrogen-bond acceptors (Lipinski definition) is 5. The fraction of sp³-hybridized carbons (Fsp3) is 0.464. The van der Waals surface area contributed by atoms with Gasteiger partial charge in [0.15, 0.2) is 0 Å². The summed E-state index contributed by atoms with van der Waals surface area (Å²) in [6, 6.07) is 15.6. The lowest BCUT2D eigenvalue weighted by atomic mass is 9.98. The van der Waals surface area contributed by atoms with Crippen LogP contribution in [0.4, 0.5) is 0 Å². The van der Waals surface area contributed by atoms with Gasteiger partial charge in [0.2, 0.25) is 0 Å². The van der Waals surface area contributed by atoms with Crippen molar-refractivity contribution in [3.63, 3.8) is 0 Å². The molecule has 1 aliphatic carbocycles. The highest BCUT2D eigenvalue weighted by Gasteiger charge is 2.47. The van der Waals surface area contributed by atoms with E-state index in [1.165, 1.54) is 0 Å². The second-order valence-corrected chi connectivity index (χ2v) is 13.4. The van der Waals surface area contributed by atoms with E-state index in [-0.39, 0.29) is 36.9 Å². The lowest BCUT2D eigenvalue weighted by Gasteiger charge is -2.44. The van der Waals surface area contributed by atoms with Crippen molar-refractivity contribution in [1.82, 2.24) is 4.90 Å². The normalized spacial score (nSPS) is 21.1. The van der Waals surface area contributed by atoms with Gasteiger partial charge in [-0.25, -0.2) is 0 Å². The number of nitriles is 1. The molecule has 0 radical (unpaired) electrons. The number of carboxylic acid groups (broad SMARTS) is 1. The number of carboxylic acids is 1. The zero-order valence-electron chi connectivity index (χ0n) is 21.6. The molecule has 2 aromatic rings. The first-order valence-electron chi connectivity index (χ1n) is 12.4. The summed E-state index contributed by atoms with van der Waals surface area (Å²) in [6.45, 7) is 5.99. The summed E-state index contributed by atoms with van der Waals surface area (Å²) in [5.41, 5.74) is 1.41. The van der Waals surface area contributed by atoms with Crippen LogP contribution >= 0.6 is 23.2 Å². The maximum Gasteiger partial charge on any atom is 0.306 e. The first-order valence-corrected chi connectivity index (χ1v) is 14.4. The van der Waals surface area contributed by atoms with E-state index in [4.69, 9.17) is 33.2 Å². The second-order valence-electron chi connectivity index (χ2n) is 10.4. The van der Waals surface area contributed by atoms with Crippen molar-refractivity contribution in [2.45, 2.75) is 63.0 Å². The number of carbonyl (C=O) groups excluding carboxylic acids is 1. The Labute approximate surface area is 236 Å². The van der Waals surface area contributed by atoms with Crippen LogP contribution in [0.15, 0.2) is 48.5 Å². The first-order chi connectivity index (χ1) is 17.9. The summed E-state index contributed by atoms with van der Waals surface area (Å²) in [5.74, 6) is -0.747. The van der Waals surface area contributed by atoms with Gasteiger partial charge in [-0.05, 0) is 69.4 Å². The maximum atomic E-state index is 13.3. The lowest BCUT2D eigenvalue weighted by molar-refractivity contribution is -0.169. The number of morpholine rings is 1. The van der Waals surface area contributed by atoms with Gasteiger partial charge < -0.3 is 14.7 Å². The zero-order valence-corrected chi connectivity index (χ0v) is 23.9. The molecule has 204 valence electrons. The number of carbonyl (C=O) groups is 2. The van der Waals surface area contributed by atoms with E-state index >= 15 is 0 Å². The van der Waals surface area contributed by atoms with Crippen LogP contribution in [0.25, 0.3) is 0 Å². The van der Waals surface area contributed by atoms with Gasteiger partial charge in [0.1, 0.15) is 12.2 Å². The van der Waals surface area contributed by atoms with Crippen molar-refractivity contribution in [1.29, 1.82) is 5.26 Å². The molecule has 2 fully saturated rings. The fourth-order valence-electron chi connectivity index (χ4n) is 4.20. The molecule has 1 saturated heterocycles. The molecule has 4 unspecified atom stereocenters. The van der Waals surface area contributed by atoms with Gasteiger partial charge in [-0.2, -0.15) is 5.26 Å². The number of halogens is 2. The van der Waals surface area contributed by atoms with Gasteiger partial charge in [-0.15, -0.1) is 0 Å². The molecule has 0 spiro atoms.